The molecule has 1 saturated heterocycles. The Morgan fingerprint density at radius 2 is 1.81 bits per heavy atom. The molecule has 0 atom stereocenters. The van der Waals surface area contributed by atoms with Crippen LogP contribution >= 0.6 is 11.3 Å². The molecule has 3 aromatic heterocycles. The van der Waals surface area contributed by atoms with Gasteiger partial charge in [-0.1, -0.05) is 0 Å². The molecule has 0 saturated carbocycles. The van der Waals surface area contributed by atoms with Gasteiger partial charge >= 0.3 is 0 Å². The number of thiazole rings is 1. The second-order valence-electron chi connectivity index (χ2n) is 7.24. The Hall–Kier alpha value is -3.30. The molecule has 0 unspecified atom stereocenters. The lowest BCUT2D eigenvalue weighted by atomic mass is 9.99. The molecule has 4 aromatic rings. The first kappa shape index (κ1) is 19.7. The van der Waals surface area contributed by atoms with Gasteiger partial charge in [0.05, 0.1) is 27.5 Å². The van der Waals surface area contributed by atoms with Gasteiger partial charge in [0.25, 0.3) is 0 Å². The number of hydrogen-bond acceptors (Lipinski definition) is 8. The monoisotopic (exact) mass is 433 g/mol. The quantitative estimate of drug-likeness (QED) is 0.482. The van der Waals surface area contributed by atoms with Crippen LogP contribution in [0.2, 0.25) is 0 Å². The fourth-order valence-electron chi connectivity index (χ4n) is 3.58. The summed E-state index contributed by atoms with van der Waals surface area (Å²) in [6, 6.07) is 8.32. The van der Waals surface area contributed by atoms with Crippen molar-refractivity contribution >= 4 is 23.1 Å². The zero-order valence-corrected chi connectivity index (χ0v) is 17.4. The van der Waals surface area contributed by atoms with Crippen molar-refractivity contribution in [2.75, 3.05) is 18.4 Å². The second-order valence-corrected chi connectivity index (χ2v) is 8.27. The average molecular weight is 434 g/mol. The molecule has 0 spiro atoms. The normalized spacial score (nSPS) is 14.5. The zero-order valence-electron chi connectivity index (χ0n) is 16.6. The summed E-state index contributed by atoms with van der Waals surface area (Å²) in [5, 5.41) is 7.58. The fourth-order valence-corrected chi connectivity index (χ4v) is 4.81. The first-order valence-electron chi connectivity index (χ1n) is 10.1. The molecule has 0 bridgehead atoms. The van der Waals surface area contributed by atoms with Crippen LogP contribution in [0.25, 0.3) is 21.8 Å². The van der Waals surface area contributed by atoms with Crippen molar-refractivity contribution in [1.82, 2.24) is 30.2 Å². The maximum atomic E-state index is 13.5. The van der Waals surface area contributed by atoms with Gasteiger partial charge in [-0.15, -0.1) is 11.3 Å². The lowest BCUT2D eigenvalue weighted by Crippen LogP contribution is -2.26. The Bertz CT molecular complexity index is 1160. The standard InChI is InChI=1S/C22H20FN7S/c23-16-3-1-14(2-4-16)19-20(31-21(30-19)15-5-8-24-9-6-15)17-7-10-27-22(28-17)29-18-13-25-11-12-26-18/h1-4,7,10-13,15,24H,5-6,8-9H2,(H,26,27,28,29). The van der Waals surface area contributed by atoms with Crippen molar-refractivity contribution in [3.05, 3.63) is 65.9 Å². The van der Waals surface area contributed by atoms with E-state index < -0.39 is 0 Å². The number of aromatic nitrogens is 5. The summed E-state index contributed by atoms with van der Waals surface area (Å²) in [6.45, 7) is 1.98. The van der Waals surface area contributed by atoms with Gasteiger partial charge in [0, 0.05) is 30.1 Å². The fraction of sp³-hybridized carbons (Fsp3) is 0.227. The van der Waals surface area contributed by atoms with Gasteiger partial charge < -0.3 is 10.6 Å². The minimum atomic E-state index is -0.267. The molecule has 1 aliphatic rings. The Kier molecular flexibility index (Phi) is 5.59. The molecule has 156 valence electrons. The van der Waals surface area contributed by atoms with Gasteiger partial charge in [0.15, 0.2) is 5.82 Å². The average Bonchev–Trinajstić information content (AvgIpc) is 3.27. The lowest BCUT2D eigenvalue weighted by molar-refractivity contribution is 0.459. The number of rotatable bonds is 5. The van der Waals surface area contributed by atoms with E-state index in [4.69, 9.17) is 9.97 Å². The van der Waals surface area contributed by atoms with E-state index in [1.165, 1.54) is 12.1 Å². The predicted octanol–water partition coefficient (Wildman–Crippen LogP) is 4.41. The number of halogens is 1. The Labute approximate surface area is 182 Å². The molecule has 0 radical (unpaired) electrons. The molecular weight excluding hydrogens is 413 g/mol. The molecular formula is C22H20FN7S. The van der Waals surface area contributed by atoms with E-state index in [0.717, 1.165) is 52.8 Å². The number of benzene rings is 1. The van der Waals surface area contributed by atoms with Crippen LogP contribution in [0, 0.1) is 5.82 Å². The minimum absolute atomic E-state index is 0.267. The highest BCUT2D eigenvalue weighted by atomic mass is 32.1. The third-order valence-corrected chi connectivity index (χ3v) is 6.38. The van der Waals surface area contributed by atoms with Crippen LogP contribution in [0.15, 0.2) is 55.1 Å². The predicted molar refractivity (Wildman–Crippen MR) is 119 cm³/mol. The Morgan fingerprint density at radius 1 is 0.968 bits per heavy atom. The summed E-state index contributed by atoms with van der Waals surface area (Å²) in [5.41, 5.74) is 2.45. The highest BCUT2D eigenvalue weighted by Gasteiger charge is 2.23. The topological polar surface area (TPSA) is 88.5 Å². The maximum absolute atomic E-state index is 13.5. The molecule has 2 N–H and O–H groups in total. The molecule has 4 heterocycles. The summed E-state index contributed by atoms with van der Waals surface area (Å²) in [4.78, 5) is 23.2. The minimum Gasteiger partial charge on any atom is -0.317 e. The van der Waals surface area contributed by atoms with Crippen LogP contribution < -0.4 is 10.6 Å². The first-order valence-corrected chi connectivity index (χ1v) is 10.9. The lowest BCUT2D eigenvalue weighted by Gasteiger charge is -2.20. The maximum Gasteiger partial charge on any atom is 0.228 e. The number of piperidine rings is 1. The van der Waals surface area contributed by atoms with E-state index in [0.29, 0.717) is 17.7 Å². The van der Waals surface area contributed by atoms with Crippen LogP contribution in [0.1, 0.15) is 23.8 Å². The number of anilines is 2. The van der Waals surface area contributed by atoms with Gasteiger partial charge in [-0.05, 0) is 56.3 Å². The van der Waals surface area contributed by atoms with E-state index in [1.807, 2.05) is 6.07 Å². The molecule has 5 rings (SSSR count). The Balaban J connectivity index is 1.54. The van der Waals surface area contributed by atoms with Crippen LogP contribution in [-0.4, -0.2) is 38.0 Å². The van der Waals surface area contributed by atoms with Gasteiger partial charge in [-0.3, -0.25) is 4.98 Å². The molecule has 1 aliphatic heterocycles. The second kappa shape index (κ2) is 8.83. The van der Waals surface area contributed by atoms with Crippen molar-refractivity contribution in [2.24, 2.45) is 0 Å². The summed E-state index contributed by atoms with van der Waals surface area (Å²) >= 11 is 1.65. The van der Waals surface area contributed by atoms with Crippen molar-refractivity contribution in [3.63, 3.8) is 0 Å². The van der Waals surface area contributed by atoms with E-state index >= 15 is 0 Å². The molecule has 7 nitrogen and oxygen atoms in total. The van der Waals surface area contributed by atoms with Crippen LogP contribution in [0.4, 0.5) is 16.2 Å². The highest BCUT2D eigenvalue weighted by Crippen LogP contribution is 2.40. The zero-order chi connectivity index (χ0) is 21.0. The van der Waals surface area contributed by atoms with E-state index in [2.05, 4.69) is 25.6 Å². The summed E-state index contributed by atoms with van der Waals surface area (Å²) in [6.07, 6.45) is 8.64. The molecule has 9 heteroatoms. The molecule has 0 aliphatic carbocycles. The molecule has 1 fully saturated rings. The third kappa shape index (κ3) is 4.42. The molecule has 0 amide bonds. The summed E-state index contributed by atoms with van der Waals surface area (Å²) < 4.78 is 13.5. The van der Waals surface area contributed by atoms with Crippen molar-refractivity contribution in [3.8, 4) is 21.8 Å². The molecule has 1 aromatic carbocycles. The van der Waals surface area contributed by atoms with Gasteiger partial charge in [-0.2, -0.15) is 0 Å². The highest BCUT2D eigenvalue weighted by molar-refractivity contribution is 7.15. The van der Waals surface area contributed by atoms with Crippen LogP contribution in [0.3, 0.4) is 0 Å². The third-order valence-electron chi connectivity index (χ3n) is 5.14. The van der Waals surface area contributed by atoms with Gasteiger partial charge in [0.2, 0.25) is 5.95 Å². The summed E-state index contributed by atoms with van der Waals surface area (Å²) in [5.74, 6) is 1.15. The Morgan fingerprint density at radius 3 is 2.58 bits per heavy atom. The first-order chi connectivity index (χ1) is 15.3. The largest absolute Gasteiger partial charge is 0.317 e. The van der Waals surface area contributed by atoms with E-state index in [9.17, 15) is 4.39 Å². The van der Waals surface area contributed by atoms with Crippen molar-refractivity contribution < 1.29 is 4.39 Å². The van der Waals surface area contributed by atoms with Crippen LogP contribution in [0.5, 0.6) is 0 Å². The van der Waals surface area contributed by atoms with E-state index in [1.54, 1.807) is 48.3 Å². The van der Waals surface area contributed by atoms with Crippen molar-refractivity contribution in [1.29, 1.82) is 0 Å². The number of nitrogens with zero attached hydrogens (tertiary/aromatic N) is 5. The van der Waals surface area contributed by atoms with Gasteiger partial charge in [-0.25, -0.2) is 24.3 Å². The smallest absolute Gasteiger partial charge is 0.228 e. The molecule has 31 heavy (non-hydrogen) atoms. The van der Waals surface area contributed by atoms with Gasteiger partial charge in [0.1, 0.15) is 5.82 Å². The van der Waals surface area contributed by atoms with E-state index in [-0.39, 0.29) is 5.82 Å². The SMILES string of the molecule is Fc1ccc(-c2nc(C3CCNCC3)sc2-c2ccnc(Nc3cnccn3)n2)cc1. The van der Waals surface area contributed by atoms with Crippen molar-refractivity contribution in [2.45, 2.75) is 18.8 Å². The number of hydrogen-bond donors (Lipinski definition) is 2. The number of nitrogens with one attached hydrogen (secondary N) is 2. The van der Waals surface area contributed by atoms with Crippen LogP contribution in [-0.2, 0) is 0 Å². The summed E-state index contributed by atoms with van der Waals surface area (Å²) in [7, 11) is 0.